The average Bonchev–Trinajstić information content (AvgIpc) is 2.74. The van der Waals surface area contributed by atoms with Gasteiger partial charge < -0.3 is 14.2 Å². The fourth-order valence-corrected chi connectivity index (χ4v) is 3.33. The van der Waals surface area contributed by atoms with Gasteiger partial charge in [-0.15, -0.1) is 0 Å². The van der Waals surface area contributed by atoms with E-state index in [0.717, 1.165) is 37.8 Å². The molecule has 0 radical (unpaired) electrons. The highest BCUT2D eigenvalue weighted by Crippen LogP contribution is 2.34. The number of esters is 3. The van der Waals surface area contributed by atoms with E-state index in [1.54, 1.807) is 12.1 Å². The number of unbranched alkanes of at least 4 members (excludes halogenated alkanes) is 1. The zero-order valence-corrected chi connectivity index (χ0v) is 16.6. The third-order valence-corrected chi connectivity index (χ3v) is 4.90. The largest absolute Gasteiger partial charge is 0.463 e. The van der Waals surface area contributed by atoms with Crippen LogP contribution in [0.2, 0.25) is 0 Å². The normalized spacial score (nSPS) is 18.3. The fraction of sp³-hybridized carbons (Fsp3) is 0.435. The Morgan fingerprint density at radius 1 is 0.931 bits per heavy atom. The summed E-state index contributed by atoms with van der Waals surface area (Å²) in [5.41, 5.74) is 1.20. The van der Waals surface area contributed by atoms with Crippen molar-refractivity contribution >= 4 is 17.9 Å². The van der Waals surface area contributed by atoms with Crippen molar-refractivity contribution in [2.24, 2.45) is 0 Å². The lowest BCUT2D eigenvalue weighted by Gasteiger charge is -2.28. The molecule has 1 aliphatic carbocycles. The van der Waals surface area contributed by atoms with E-state index < -0.39 is 11.9 Å². The van der Waals surface area contributed by atoms with Crippen LogP contribution < -0.4 is 4.74 Å². The van der Waals surface area contributed by atoms with Gasteiger partial charge in [0.1, 0.15) is 11.9 Å². The van der Waals surface area contributed by atoms with Crippen LogP contribution in [0.4, 0.5) is 0 Å². The molecule has 0 bridgehead atoms. The lowest BCUT2D eigenvalue weighted by atomic mass is 9.83. The summed E-state index contributed by atoms with van der Waals surface area (Å²) in [7, 11) is 0. The molecule has 6 nitrogen and oxygen atoms in total. The first-order chi connectivity index (χ1) is 14.0. The second kappa shape index (κ2) is 11.8. The quantitative estimate of drug-likeness (QED) is 0.253. The maximum Gasteiger partial charge on any atom is 0.335 e. The molecule has 6 heteroatoms. The SMILES string of the molecule is C=CC(=O)OCCCCC(=O)OC1CCC(c2ccc(OC(=O)C=C)cc2)CC1. The van der Waals surface area contributed by atoms with Gasteiger partial charge in [0.25, 0.3) is 0 Å². The molecule has 0 amide bonds. The van der Waals surface area contributed by atoms with E-state index >= 15 is 0 Å². The molecule has 0 aliphatic heterocycles. The van der Waals surface area contributed by atoms with Crippen LogP contribution >= 0.6 is 0 Å². The van der Waals surface area contributed by atoms with Gasteiger partial charge in [0, 0.05) is 18.6 Å². The zero-order valence-electron chi connectivity index (χ0n) is 16.6. The molecule has 0 aromatic heterocycles. The topological polar surface area (TPSA) is 78.9 Å². The third kappa shape index (κ3) is 7.94. The van der Waals surface area contributed by atoms with Crippen molar-refractivity contribution < 1.29 is 28.6 Å². The summed E-state index contributed by atoms with van der Waals surface area (Å²) >= 11 is 0. The van der Waals surface area contributed by atoms with Gasteiger partial charge in [-0.2, -0.15) is 0 Å². The minimum atomic E-state index is -0.474. The van der Waals surface area contributed by atoms with Crippen molar-refractivity contribution in [3.05, 3.63) is 55.1 Å². The summed E-state index contributed by atoms with van der Waals surface area (Å²) < 4.78 is 15.5. The number of hydrogen-bond donors (Lipinski definition) is 0. The molecule has 156 valence electrons. The number of carbonyl (C=O) groups is 3. The standard InChI is InChI=1S/C23H28O6/c1-3-21(24)27-16-6-5-7-23(26)29-20-14-10-18(11-15-20)17-8-12-19(13-9-17)28-22(25)4-2/h3-4,8-9,12-13,18,20H,1-2,5-7,10-11,14-16H2. The van der Waals surface area contributed by atoms with Crippen molar-refractivity contribution in [3.63, 3.8) is 0 Å². The predicted octanol–water partition coefficient (Wildman–Crippen LogP) is 4.25. The first-order valence-corrected chi connectivity index (χ1v) is 9.94. The van der Waals surface area contributed by atoms with Crippen LogP contribution in [0.25, 0.3) is 0 Å². The van der Waals surface area contributed by atoms with Crippen molar-refractivity contribution in [1.29, 1.82) is 0 Å². The summed E-state index contributed by atoms with van der Waals surface area (Å²) in [6, 6.07) is 7.52. The van der Waals surface area contributed by atoms with Gasteiger partial charge in [0.15, 0.2) is 0 Å². The highest BCUT2D eigenvalue weighted by atomic mass is 16.5. The van der Waals surface area contributed by atoms with Gasteiger partial charge in [-0.05, 0) is 62.1 Å². The van der Waals surface area contributed by atoms with Crippen LogP contribution in [-0.4, -0.2) is 30.6 Å². The maximum atomic E-state index is 12.0. The van der Waals surface area contributed by atoms with Gasteiger partial charge in [0.2, 0.25) is 0 Å². The van der Waals surface area contributed by atoms with Crippen LogP contribution in [-0.2, 0) is 23.9 Å². The van der Waals surface area contributed by atoms with Crippen molar-refractivity contribution in [2.45, 2.75) is 57.0 Å². The predicted molar refractivity (Wildman–Crippen MR) is 108 cm³/mol. The van der Waals surface area contributed by atoms with E-state index in [1.807, 2.05) is 12.1 Å². The Balaban J connectivity index is 1.66. The number of benzene rings is 1. The molecule has 0 atom stereocenters. The van der Waals surface area contributed by atoms with Crippen molar-refractivity contribution in [3.8, 4) is 5.75 Å². The van der Waals surface area contributed by atoms with E-state index in [2.05, 4.69) is 13.2 Å². The number of ether oxygens (including phenoxy) is 3. The first-order valence-electron chi connectivity index (χ1n) is 9.94. The van der Waals surface area contributed by atoms with Crippen LogP contribution in [0.3, 0.4) is 0 Å². The highest BCUT2D eigenvalue weighted by Gasteiger charge is 2.24. The Morgan fingerprint density at radius 2 is 1.59 bits per heavy atom. The Morgan fingerprint density at radius 3 is 2.21 bits per heavy atom. The van der Waals surface area contributed by atoms with Crippen LogP contribution in [0, 0.1) is 0 Å². The van der Waals surface area contributed by atoms with Gasteiger partial charge in [-0.1, -0.05) is 25.3 Å². The molecule has 0 saturated heterocycles. The van der Waals surface area contributed by atoms with E-state index in [4.69, 9.17) is 14.2 Å². The molecule has 1 aromatic rings. The Hall–Kier alpha value is -2.89. The minimum absolute atomic E-state index is 0.0369. The van der Waals surface area contributed by atoms with Crippen molar-refractivity contribution in [2.75, 3.05) is 6.61 Å². The molecule has 2 rings (SSSR count). The van der Waals surface area contributed by atoms with E-state index in [9.17, 15) is 14.4 Å². The molecule has 0 N–H and O–H groups in total. The van der Waals surface area contributed by atoms with Gasteiger partial charge >= 0.3 is 17.9 Å². The Labute approximate surface area is 171 Å². The molecule has 0 spiro atoms. The molecule has 1 aromatic carbocycles. The second-order valence-electron chi connectivity index (χ2n) is 6.99. The molecule has 1 saturated carbocycles. The molecular formula is C23H28O6. The summed E-state index contributed by atoms with van der Waals surface area (Å²) in [4.78, 5) is 34.1. The molecule has 0 heterocycles. The molecular weight excluding hydrogens is 372 g/mol. The minimum Gasteiger partial charge on any atom is -0.463 e. The smallest absolute Gasteiger partial charge is 0.335 e. The molecule has 1 fully saturated rings. The number of carbonyl (C=O) groups excluding carboxylic acids is 3. The average molecular weight is 400 g/mol. The van der Waals surface area contributed by atoms with E-state index in [-0.39, 0.29) is 18.7 Å². The van der Waals surface area contributed by atoms with Gasteiger partial charge in [0.05, 0.1) is 6.61 Å². The van der Waals surface area contributed by atoms with Crippen molar-refractivity contribution in [1.82, 2.24) is 0 Å². The molecule has 29 heavy (non-hydrogen) atoms. The van der Waals surface area contributed by atoms with Gasteiger partial charge in [-0.3, -0.25) is 4.79 Å². The summed E-state index contributed by atoms with van der Waals surface area (Å²) in [5, 5.41) is 0. The first kappa shape index (κ1) is 22.4. The summed E-state index contributed by atoms with van der Waals surface area (Å²) in [6.45, 7) is 6.99. The maximum absolute atomic E-state index is 12.0. The Bertz CT molecular complexity index is 713. The van der Waals surface area contributed by atoms with Crippen LogP contribution in [0.5, 0.6) is 5.75 Å². The van der Waals surface area contributed by atoms with Crippen LogP contribution in [0.15, 0.2) is 49.6 Å². The lowest BCUT2D eigenvalue weighted by molar-refractivity contribution is -0.150. The highest BCUT2D eigenvalue weighted by molar-refractivity contribution is 5.83. The zero-order chi connectivity index (χ0) is 21.1. The van der Waals surface area contributed by atoms with E-state index in [0.29, 0.717) is 30.9 Å². The fourth-order valence-electron chi connectivity index (χ4n) is 3.33. The number of rotatable bonds is 10. The lowest BCUT2D eigenvalue weighted by Crippen LogP contribution is -2.23. The summed E-state index contributed by atoms with van der Waals surface area (Å²) in [6.07, 6.45) is 7.36. The monoisotopic (exact) mass is 400 g/mol. The molecule has 1 aliphatic rings. The third-order valence-electron chi connectivity index (χ3n) is 4.90. The number of hydrogen-bond acceptors (Lipinski definition) is 6. The molecule has 0 unspecified atom stereocenters. The second-order valence-corrected chi connectivity index (χ2v) is 6.99. The summed E-state index contributed by atoms with van der Waals surface area (Å²) in [5.74, 6) is -0.208. The van der Waals surface area contributed by atoms with Crippen LogP contribution in [0.1, 0.15) is 56.4 Å². The van der Waals surface area contributed by atoms with E-state index in [1.165, 1.54) is 5.56 Å². The Kier molecular flexibility index (Phi) is 9.15. The van der Waals surface area contributed by atoms with Gasteiger partial charge in [-0.25, -0.2) is 9.59 Å².